The maximum atomic E-state index is 11.0. The van der Waals surface area contributed by atoms with Crippen molar-refractivity contribution in [1.29, 1.82) is 0 Å². The van der Waals surface area contributed by atoms with Gasteiger partial charge in [0.15, 0.2) is 0 Å². The van der Waals surface area contributed by atoms with Crippen LogP contribution < -0.4 is 10.2 Å². The van der Waals surface area contributed by atoms with Crippen LogP contribution in [0.1, 0.15) is 37.2 Å². The summed E-state index contributed by atoms with van der Waals surface area (Å²) in [5.41, 5.74) is 5.43. The highest BCUT2D eigenvalue weighted by Crippen LogP contribution is 2.21. The Labute approximate surface area is 164 Å². The second-order valence-electron chi connectivity index (χ2n) is 7.12. The number of aromatic nitrogens is 2. The van der Waals surface area contributed by atoms with E-state index in [9.17, 15) is 4.79 Å². The van der Waals surface area contributed by atoms with E-state index < -0.39 is 5.91 Å². The number of H-pyrrole nitrogens is 1. The number of nitrogens with one attached hydrogen (secondary N) is 2. The van der Waals surface area contributed by atoms with Crippen LogP contribution in [0.3, 0.4) is 0 Å². The summed E-state index contributed by atoms with van der Waals surface area (Å²) in [6, 6.07) is 13.7. The van der Waals surface area contributed by atoms with Crippen LogP contribution in [0.2, 0.25) is 0 Å². The van der Waals surface area contributed by atoms with Gasteiger partial charge in [-0.1, -0.05) is 38.1 Å². The Kier molecular flexibility index (Phi) is 6.45. The number of hydrogen-bond donors (Lipinski definition) is 3. The summed E-state index contributed by atoms with van der Waals surface area (Å²) in [4.78, 5) is 19.0. The molecule has 0 atom stereocenters. The molecule has 0 aliphatic carbocycles. The average molecular weight is 379 g/mol. The lowest BCUT2D eigenvalue weighted by Gasteiger charge is -2.07. The predicted molar refractivity (Wildman–Crippen MR) is 109 cm³/mol. The van der Waals surface area contributed by atoms with Gasteiger partial charge in [-0.15, -0.1) is 0 Å². The van der Waals surface area contributed by atoms with Gasteiger partial charge in [0.25, 0.3) is 5.91 Å². The van der Waals surface area contributed by atoms with Gasteiger partial charge in [0.2, 0.25) is 0 Å². The molecule has 2 aromatic carbocycles. The average Bonchev–Trinajstić information content (AvgIpc) is 3.08. The minimum absolute atomic E-state index is 0.557. The van der Waals surface area contributed by atoms with Gasteiger partial charge in [0, 0.05) is 18.6 Å². The maximum Gasteiger partial charge on any atom is 0.267 e. The third kappa shape index (κ3) is 5.44. The lowest BCUT2D eigenvalue weighted by Crippen LogP contribution is -2.14. The molecular formula is C22H25N3O3. The molecule has 0 unspecified atom stereocenters. The number of aromatic amines is 1. The van der Waals surface area contributed by atoms with E-state index in [1.54, 1.807) is 11.6 Å². The summed E-state index contributed by atoms with van der Waals surface area (Å²) in [6.45, 7) is 5.08. The molecule has 0 saturated heterocycles. The smallest absolute Gasteiger partial charge is 0.267 e. The van der Waals surface area contributed by atoms with E-state index in [-0.39, 0.29) is 0 Å². The first kappa shape index (κ1) is 19.6. The highest BCUT2D eigenvalue weighted by molar-refractivity contribution is 5.90. The topological polar surface area (TPSA) is 87.2 Å². The second kappa shape index (κ2) is 9.19. The molecule has 0 aliphatic rings. The van der Waals surface area contributed by atoms with Crippen LogP contribution in [0.25, 0.3) is 17.1 Å². The van der Waals surface area contributed by atoms with E-state index in [4.69, 9.17) is 9.94 Å². The van der Waals surface area contributed by atoms with Gasteiger partial charge in [0.1, 0.15) is 11.6 Å². The first-order valence-electron chi connectivity index (χ1n) is 9.36. The molecule has 6 heteroatoms. The van der Waals surface area contributed by atoms with E-state index >= 15 is 0 Å². The number of benzene rings is 2. The Bertz CT molecular complexity index is 959. The lowest BCUT2D eigenvalue weighted by atomic mass is 10.1. The standard InChI is InChI=1S/C22H25N3O3/c1-15(2)11-12-28-18-8-9-19-20(14-18)24-21(23-19)13-17-5-3-16(4-6-17)7-10-22(26)25-27/h3-10,14-15,27H,11-13H2,1-2H3,(H,23,24)(H,25,26). The molecule has 1 heterocycles. The van der Waals surface area contributed by atoms with Gasteiger partial charge in [-0.2, -0.15) is 0 Å². The number of nitrogens with zero attached hydrogens (tertiary/aromatic N) is 1. The highest BCUT2D eigenvalue weighted by Gasteiger charge is 2.06. The minimum atomic E-state index is -0.557. The van der Waals surface area contributed by atoms with Gasteiger partial charge in [-0.05, 0) is 41.7 Å². The van der Waals surface area contributed by atoms with Crippen molar-refractivity contribution in [3.05, 3.63) is 65.5 Å². The summed E-state index contributed by atoms with van der Waals surface area (Å²) in [5.74, 6) is 1.80. The SMILES string of the molecule is CC(C)CCOc1ccc2nc(Cc3ccc(C=CC(=O)NO)cc3)[nH]c2c1. The van der Waals surface area contributed by atoms with E-state index in [2.05, 4.69) is 23.8 Å². The Morgan fingerprint density at radius 2 is 2.04 bits per heavy atom. The van der Waals surface area contributed by atoms with Gasteiger partial charge in [-0.25, -0.2) is 10.5 Å². The third-order valence-corrected chi connectivity index (χ3v) is 4.35. The van der Waals surface area contributed by atoms with Crippen molar-refractivity contribution >= 4 is 23.0 Å². The summed E-state index contributed by atoms with van der Waals surface area (Å²) < 4.78 is 5.82. The first-order valence-corrected chi connectivity index (χ1v) is 9.36. The fourth-order valence-corrected chi connectivity index (χ4v) is 2.78. The van der Waals surface area contributed by atoms with Gasteiger partial charge in [-0.3, -0.25) is 10.0 Å². The molecule has 0 radical (unpaired) electrons. The van der Waals surface area contributed by atoms with Crippen LogP contribution in [0.15, 0.2) is 48.5 Å². The molecule has 3 N–H and O–H groups in total. The summed E-state index contributed by atoms with van der Waals surface area (Å²) in [7, 11) is 0. The molecule has 3 rings (SSSR count). The number of ether oxygens (including phenoxy) is 1. The van der Waals surface area contributed by atoms with E-state index in [1.165, 1.54) is 6.08 Å². The van der Waals surface area contributed by atoms with Crippen molar-refractivity contribution in [2.24, 2.45) is 5.92 Å². The lowest BCUT2D eigenvalue weighted by molar-refractivity contribution is -0.124. The van der Waals surface area contributed by atoms with E-state index in [1.807, 2.05) is 42.5 Å². The number of hydrogen-bond acceptors (Lipinski definition) is 4. The Morgan fingerprint density at radius 3 is 2.75 bits per heavy atom. The molecule has 0 saturated carbocycles. The molecule has 28 heavy (non-hydrogen) atoms. The fraction of sp³-hybridized carbons (Fsp3) is 0.273. The van der Waals surface area contributed by atoms with Crippen molar-refractivity contribution < 1.29 is 14.7 Å². The summed E-state index contributed by atoms with van der Waals surface area (Å²) in [6.07, 6.45) is 4.62. The maximum absolute atomic E-state index is 11.0. The van der Waals surface area contributed by atoms with E-state index in [0.717, 1.165) is 40.2 Å². The summed E-state index contributed by atoms with van der Waals surface area (Å²) >= 11 is 0. The highest BCUT2D eigenvalue weighted by atomic mass is 16.5. The Hall–Kier alpha value is -3.12. The molecule has 1 amide bonds. The fourth-order valence-electron chi connectivity index (χ4n) is 2.78. The van der Waals surface area contributed by atoms with Crippen molar-refractivity contribution in [1.82, 2.24) is 15.4 Å². The number of amides is 1. The van der Waals surface area contributed by atoms with Crippen molar-refractivity contribution in [2.75, 3.05) is 6.61 Å². The second-order valence-corrected chi connectivity index (χ2v) is 7.12. The molecular weight excluding hydrogens is 354 g/mol. The molecule has 3 aromatic rings. The molecule has 0 fully saturated rings. The molecule has 1 aromatic heterocycles. The van der Waals surface area contributed by atoms with Gasteiger partial charge in [0.05, 0.1) is 17.6 Å². The van der Waals surface area contributed by atoms with Crippen LogP contribution in [0.5, 0.6) is 5.75 Å². The van der Waals surface area contributed by atoms with Crippen LogP contribution in [0.4, 0.5) is 0 Å². The molecule has 6 nitrogen and oxygen atoms in total. The zero-order chi connectivity index (χ0) is 19.9. The Morgan fingerprint density at radius 1 is 1.25 bits per heavy atom. The zero-order valence-electron chi connectivity index (χ0n) is 16.1. The molecule has 0 aliphatic heterocycles. The zero-order valence-corrected chi connectivity index (χ0v) is 16.1. The number of imidazole rings is 1. The number of hydroxylamine groups is 1. The number of carbonyl (C=O) groups excluding carboxylic acids is 1. The van der Waals surface area contributed by atoms with Gasteiger partial charge < -0.3 is 9.72 Å². The normalized spacial score (nSPS) is 11.4. The van der Waals surface area contributed by atoms with Crippen LogP contribution >= 0.6 is 0 Å². The van der Waals surface area contributed by atoms with Crippen molar-refractivity contribution in [3.8, 4) is 5.75 Å². The Balaban J connectivity index is 1.65. The number of fused-ring (bicyclic) bond motifs is 1. The molecule has 146 valence electrons. The van der Waals surface area contributed by atoms with Crippen LogP contribution in [-0.4, -0.2) is 27.7 Å². The quantitative estimate of drug-likeness (QED) is 0.312. The summed E-state index contributed by atoms with van der Waals surface area (Å²) in [5, 5.41) is 8.49. The largest absolute Gasteiger partial charge is 0.494 e. The van der Waals surface area contributed by atoms with Crippen molar-refractivity contribution in [2.45, 2.75) is 26.7 Å². The molecule has 0 bridgehead atoms. The minimum Gasteiger partial charge on any atom is -0.494 e. The molecule has 0 spiro atoms. The van der Waals surface area contributed by atoms with Crippen LogP contribution in [-0.2, 0) is 11.2 Å². The first-order chi connectivity index (χ1) is 13.5. The third-order valence-electron chi connectivity index (χ3n) is 4.35. The van der Waals surface area contributed by atoms with Crippen LogP contribution in [0, 0.1) is 5.92 Å². The predicted octanol–water partition coefficient (Wildman–Crippen LogP) is 4.10. The number of carbonyl (C=O) groups is 1. The van der Waals surface area contributed by atoms with Gasteiger partial charge >= 0.3 is 0 Å². The number of rotatable bonds is 8. The monoisotopic (exact) mass is 379 g/mol. The van der Waals surface area contributed by atoms with E-state index in [0.29, 0.717) is 18.9 Å². The van der Waals surface area contributed by atoms with Crippen molar-refractivity contribution in [3.63, 3.8) is 0 Å².